The zero-order valence-electron chi connectivity index (χ0n) is 12.1. The average Bonchev–Trinajstić information content (AvgIpc) is 3.01. The first kappa shape index (κ1) is 16.7. The highest BCUT2D eigenvalue weighted by Crippen LogP contribution is 2.29. The Morgan fingerprint density at radius 1 is 1.30 bits per heavy atom. The van der Waals surface area contributed by atoms with Gasteiger partial charge in [0.25, 0.3) is 0 Å². The van der Waals surface area contributed by atoms with Crippen molar-refractivity contribution in [3.8, 4) is 11.4 Å². The number of nitrogens with one attached hydrogen (secondary N) is 1. The first-order valence-electron chi connectivity index (χ1n) is 6.78. The van der Waals surface area contributed by atoms with E-state index in [1.54, 1.807) is 30.3 Å². The van der Waals surface area contributed by atoms with Crippen molar-refractivity contribution in [2.24, 2.45) is 0 Å². The lowest BCUT2D eigenvalue weighted by Crippen LogP contribution is -2.22. The van der Waals surface area contributed by atoms with Crippen molar-refractivity contribution >= 4 is 5.91 Å². The number of hydrogen-bond acceptors (Lipinski definition) is 4. The maximum atomic E-state index is 12.4. The van der Waals surface area contributed by atoms with E-state index in [2.05, 4.69) is 26.6 Å². The molecule has 23 heavy (non-hydrogen) atoms. The third-order valence-electron chi connectivity index (χ3n) is 2.95. The van der Waals surface area contributed by atoms with Crippen molar-refractivity contribution < 1.29 is 22.5 Å². The van der Waals surface area contributed by atoms with E-state index in [1.807, 2.05) is 0 Å². The Balaban J connectivity index is 1.98. The largest absolute Gasteiger partial charge is 0.471 e. The second kappa shape index (κ2) is 7.08. The molecule has 0 fully saturated rings. The molecule has 8 heteroatoms. The summed E-state index contributed by atoms with van der Waals surface area (Å²) in [6.07, 6.45) is -2.04. The lowest BCUT2D eigenvalue weighted by Gasteiger charge is -2.05. The molecule has 0 spiro atoms. The zero-order chi connectivity index (χ0) is 16.9. The molecule has 0 saturated carbocycles. The number of hydrogen-bond donors (Lipinski definition) is 1. The standard InChI is InChI=1S/C15H14F3N3O2/c1-2-3-4-12(22)19-9-10-5-7-11(8-6-10)13-20-14(23-21-13)15(16,17)18/h2,5-8H,1,3-4,9H2,(H,19,22). The molecule has 0 bridgehead atoms. The second-order valence-electron chi connectivity index (χ2n) is 4.72. The van der Waals surface area contributed by atoms with Crippen molar-refractivity contribution in [3.05, 3.63) is 48.4 Å². The van der Waals surface area contributed by atoms with Crippen molar-refractivity contribution in [2.45, 2.75) is 25.6 Å². The minimum absolute atomic E-state index is 0.0954. The average molecular weight is 325 g/mol. The van der Waals surface area contributed by atoms with E-state index in [1.165, 1.54) is 0 Å². The Kier molecular flexibility index (Phi) is 5.15. The van der Waals surface area contributed by atoms with Crippen molar-refractivity contribution in [3.63, 3.8) is 0 Å². The molecule has 1 aromatic carbocycles. The van der Waals surface area contributed by atoms with E-state index in [-0.39, 0.29) is 11.7 Å². The van der Waals surface area contributed by atoms with Crippen LogP contribution in [-0.4, -0.2) is 16.0 Å². The van der Waals surface area contributed by atoms with Gasteiger partial charge in [0.1, 0.15) is 0 Å². The van der Waals surface area contributed by atoms with Gasteiger partial charge < -0.3 is 9.84 Å². The first-order valence-corrected chi connectivity index (χ1v) is 6.78. The monoisotopic (exact) mass is 325 g/mol. The molecule has 0 saturated heterocycles. The summed E-state index contributed by atoms with van der Waals surface area (Å²) in [5, 5.41) is 6.04. The molecule has 0 aliphatic rings. The Bertz CT molecular complexity index is 678. The summed E-state index contributed by atoms with van der Waals surface area (Å²) in [7, 11) is 0. The van der Waals surface area contributed by atoms with Crippen LogP contribution in [0.15, 0.2) is 41.4 Å². The zero-order valence-corrected chi connectivity index (χ0v) is 12.1. The van der Waals surface area contributed by atoms with Crippen molar-refractivity contribution in [1.29, 1.82) is 0 Å². The van der Waals surface area contributed by atoms with Gasteiger partial charge in [-0.25, -0.2) is 0 Å². The number of allylic oxidation sites excluding steroid dienone is 1. The van der Waals surface area contributed by atoms with E-state index in [4.69, 9.17) is 0 Å². The molecule has 0 aliphatic carbocycles. The molecule has 1 heterocycles. The maximum Gasteiger partial charge on any atom is 0.471 e. The Morgan fingerprint density at radius 3 is 2.57 bits per heavy atom. The highest BCUT2D eigenvalue weighted by atomic mass is 19.4. The van der Waals surface area contributed by atoms with Gasteiger partial charge in [-0.1, -0.05) is 35.5 Å². The van der Waals surface area contributed by atoms with E-state index < -0.39 is 12.1 Å². The molecule has 1 aromatic heterocycles. The minimum atomic E-state index is -4.67. The summed E-state index contributed by atoms with van der Waals surface area (Å²) in [6, 6.07) is 6.48. The van der Waals surface area contributed by atoms with E-state index in [0.717, 1.165) is 5.56 Å². The molecular weight excluding hydrogens is 311 g/mol. The predicted molar refractivity (Wildman–Crippen MR) is 76.0 cm³/mol. The number of carbonyl (C=O) groups excluding carboxylic acids is 1. The van der Waals surface area contributed by atoms with Crippen LogP contribution in [0.2, 0.25) is 0 Å². The highest BCUT2D eigenvalue weighted by Gasteiger charge is 2.38. The molecular formula is C15H14F3N3O2. The van der Waals surface area contributed by atoms with Gasteiger partial charge in [-0.3, -0.25) is 4.79 Å². The molecule has 0 atom stereocenters. The number of benzene rings is 1. The number of amides is 1. The third-order valence-corrected chi connectivity index (χ3v) is 2.95. The molecule has 0 unspecified atom stereocenters. The van der Waals surface area contributed by atoms with Crippen LogP contribution in [0.4, 0.5) is 13.2 Å². The van der Waals surface area contributed by atoms with Crippen molar-refractivity contribution in [1.82, 2.24) is 15.5 Å². The summed E-state index contributed by atoms with van der Waals surface area (Å²) < 4.78 is 41.4. The van der Waals surface area contributed by atoms with Gasteiger partial charge in [0, 0.05) is 18.5 Å². The fourth-order valence-corrected chi connectivity index (χ4v) is 1.75. The van der Waals surface area contributed by atoms with Crippen LogP contribution < -0.4 is 5.32 Å². The maximum absolute atomic E-state index is 12.4. The van der Waals surface area contributed by atoms with Gasteiger partial charge in [-0.05, 0) is 12.0 Å². The van der Waals surface area contributed by atoms with E-state index in [0.29, 0.717) is 24.9 Å². The molecule has 5 nitrogen and oxygen atoms in total. The number of halogens is 3. The topological polar surface area (TPSA) is 68.0 Å². The second-order valence-corrected chi connectivity index (χ2v) is 4.72. The lowest BCUT2D eigenvalue weighted by atomic mass is 10.1. The lowest BCUT2D eigenvalue weighted by molar-refractivity contribution is -0.159. The van der Waals surface area contributed by atoms with Gasteiger partial charge in [-0.15, -0.1) is 6.58 Å². The predicted octanol–water partition coefficient (Wildman–Crippen LogP) is 3.34. The van der Waals surface area contributed by atoms with Crippen LogP contribution in [0.5, 0.6) is 0 Å². The summed E-state index contributed by atoms with van der Waals surface area (Å²) in [5.41, 5.74) is 1.20. The molecule has 0 radical (unpaired) electrons. The quantitative estimate of drug-likeness (QED) is 0.827. The van der Waals surface area contributed by atoms with Crippen LogP contribution in [0, 0.1) is 0 Å². The Labute approximate surface area is 130 Å². The van der Waals surface area contributed by atoms with Gasteiger partial charge in [0.05, 0.1) is 0 Å². The Morgan fingerprint density at radius 2 is 2.00 bits per heavy atom. The Hall–Kier alpha value is -2.64. The summed E-state index contributed by atoms with van der Waals surface area (Å²) in [5.74, 6) is -1.62. The van der Waals surface area contributed by atoms with Crippen LogP contribution in [0.3, 0.4) is 0 Å². The molecule has 1 amide bonds. The fourth-order valence-electron chi connectivity index (χ4n) is 1.75. The normalized spacial score (nSPS) is 11.3. The first-order chi connectivity index (χ1) is 10.9. The fraction of sp³-hybridized carbons (Fsp3) is 0.267. The summed E-state index contributed by atoms with van der Waals surface area (Å²) in [4.78, 5) is 14.8. The van der Waals surface area contributed by atoms with Crippen LogP contribution in [-0.2, 0) is 17.5 Å². The molecule has 2 aromatic rings. The SMILES string of the molecule is C=CCCC(=O)NCc1ccc(-c2noc(C(F)(F)F)n2)cc1. The number of rotatable bonds is 6. The number of nitrogens with zero attached hydrogens (tertiary/aromatic N) is 2. The molecule has 0 aliphatic heterocycles. The summed E-state index contributed by atoms with van der Waals surface area (Å²) >= 11 is 0. The third kappa shape index (κ3) is 4.67. The molecule has 1 N–H and O–H groups in total. The van der Waals surface area contributed by atoms with Crippen LogP contribution in [0.25, 0.3) is 11.4 Å². The van der Waals surface area contributed by atoms with Gasteiger partial charge in [-0.2, -0.15) is 18.2 Å². The van der Waals surface area contributed by atoms with Crippen LogP contribution in [0.1, 0.15) is 24.3 Å². The number of carbonyl (C=O) groups is 1. The molecule has 2 rings (SSSR count). The minimum Gasteiger partial charge on any atom is -0.352 e. The van der Waals surface area contributed by atoms with E-state index in [9.17, 15) is 18.0 Å². The van der Waals surface area contributed by atoms with Gasteiger partial charge in [0.15, 0.2) is 0 Å². The van der Waals surface area contributed by atoms with E-state index >= 15 is 0 Å². The van der Waals surface area contributed by atoms with Crippen LogP contribution >= 0.6 is 0 Å². The number of alkyl halides is 3. The van der Waals surface area contributed by atoms with Gasteiger partial charge >= 0.3 is 12.1 Å². The smallest absolute Gasteiger partial charge is 0.352 e. The molecule has 122 valence electrons. The number of aromatic nitrogens is 2. The highest BCUT2D eigenvalue weighted by molar-refractivity contribution is 5.76. The summed E-state index contributed by atoms with van der Waals surface area (Å²) in [6.45, 7) is 3.87. The van der Waals surface area contributed by atoms with Gasteiger partial charge in [0.2, 0.25) is 11.7 Å². The van der Waals surface area contributed by atoms with Crippen molar-refractivity contribution in [2.75, 3.05) is 0 Å².